The van der Waals surface area contributed by atoms with Gasteiger partial charge in [-0.3, -0.25) is 10.3 Å². The van der Waals surface area contributed by atoms with Crippen LogP contribution in [0.2, 0.25) is 0 Å². The molecule has 0 saturated heterocycles. The second-order valence-corrected chi connectivity index (χ2v) is 3.27. The lowest BCUT2D eigenvalue weighted by molar-refractivity contribution is 0.503. The van der Waals surface area contributed by atoms with Gasteiger partial charge in [0.1, 0.15) is 0 Å². The van der Waals surface area contributed by atoms with E-state index in [-0.39, 0.29) is 12.1 Å². The van der Waals surface area contributed by atoms with Gasteiger partial charge in [0, 0.05) is 12.2 Å². The van der Waals surface area contributed by atoms with Gasteiger partial charge in [-0.2, -0.15) is 0 Å². The molecule has 1 rings (SSSR count). The average molecular weight is 188 g/mol. The zero-order valence-electron chi connectivity index (χ0n) is 8.70. The number of terminal acetylenes is 1. The van der Waals surface area contributed by atoms with Crippen LogP contribution in [0.25, 0.3) is 0 Å². The molecule has 0 spiro atoms. The Hall–Kier alpha value is -1.33. The lowest BCUT2D eigenvalue weighted by atomic mass is 10.1. The van der Waals surface area contributed by atoms with Gasteiger partial charge in [0.25, 0.3) is 0 Å². The first-order valence-corrected chi connectivity index (χ1v) is 4.91. The number of nitrogens with one attached hydrogen (secondary N) is 1. The van der Waals surface area contributed by atoms with E-state index in [1.54, 1.807) is 6.20 Å². The predicted molar refractivity (Wildman–Crippen MR) is 58.7 cm³/mol. The van der Waals surface area contributed by atoms with Crippen molar-refractivity contribution in [2.45, 2.75) is 32.4 Å². The molecule has 0 saturated carbocycles. The van der Waals surface area contributed by atoms with E-state index >= 15 is 0 Å². The first-order chi connectivity index (χ1) is 6.77. The van der Waals surface area contributed by atoms with Gasteiger partial charge in [-0.1, -0.05) is 18.9 Å². The van der Waals surface area contributed by atoms with Crippen molar-refractivity contribution in [1.29, 1.82) is 0 Å². The molecule has 2 unspecified atom stereocenters. The molecule has 0 amide bonds. The maximum absolute atomic E-state index is 5.38. The van der Waals surface area contributed by atoms with Crippen LogP contribution >= 0.6 is 0 Å². The highest BCUT2D eigenvalue weighted by Crippen LogP contribution is 2.09. The molecule has 74 valence electrons. The fourth-order valence-corrected chi connectivity index (χ4v) is 1.30. The van der Waals surface area contributed by atoms with Gasteiger partial charge < -0.3 is 0 Å². The highest BCUT2D eigenvalue weighted by Gasteiger charge is 2.09. The van der Waals surface area contributed by atoms with E-state index in [9.17, 15) is 0 Å². The summed E-state index contributed by atoms with van der Waals surface area (Å²) in [5, 5.41) is 3.33. The standard InChI is InChI=1S/C12H16N2/c1-4-11(5-2)14-10(3)12-8-6-7-9-13-12/h1,6-11,14H,5H2,2-3H3. The molecule has 0 aliphatic rings. The Morgan fingerprint density at radius 1 is 1.57 bits per heavy atom. The second kappa shape index (κ2) is 5.41. The lowest BCUT2D eigenvalue weighted by Gasteiger charge is -2.17. The molecule has 2 nitrogen and oxygen atoms in total. The van der Waals surface area contributed by atoms with Crippen molar-refractivity contribution in [2.24, 2.45) is 0 Å². The van der Waals surface area contributed by atoms with Crippen LogP contribution in [-0.4, -0.2) is 11.0 Å². The number of hydrogen-bond donors (Lipinski definition) is 1. The van der Waals surface area contributed by atoms with Crippen molar-refractivity contribution in [3.8, 4) is 12.3 Å². The monoisotopic (exact) mass is 188 g/mol. The van der Waals surface area contributed by atoms with Gasteiger partial charge in [0.2, 0.25) is 0 Å². The SMILES string of the molecule is C#CC(CC)NC(C)c1ccccn1. The minimum atomic E-state index is 0.131. The molecule has 1 aromatic heterocycles. The third-order valence-electron chi connectivity index (χ3n) is 2.19. The molecule has 1 aromatic rings. The van der Waals surface area contributed by atoms with E-state index < -0.39 is 0 Å². The van der Waals surface area contributed by atoms with Gasteiger partial charge in [-0.25, -0.2) is 0 Å². The number of nitrogens with zero attached hydrogens (tertiary/aromatic N) is 1. The highest BCUT2D eigenvalue weighted by molar-refractivity contribution is 5.09. The number of rotatable bonds is 4. The molecule has 14 heavy (non-hydrogen) atoms. The molecule has 0 aliphatic carbocycles. The summed E-state index contributed by atoms with van der Waals surface area (Å²) in [6, 6.07) is 6.23. The third kappa shape index (κ3) is 2.86. The Labute approximate surface area is 85.8 Å². The zero-order chi connectivity index (χ0) is 10.4. The Balaban J connectivity index is 2.59. The molecule has 1 heterocycles. The average Bonchev–Trinajstić information content (AvgIpc) is 2.26. The van der Waals surface area contributed by atoms with Crippen LogP contribution in [-0.2, 0) is 0 Å². The van der Waals surface area contributed by atoms with E-state index in [4.69, 9.17) is 6.42 Å². The van der Waals surface area contributed by atoms with Gasteiger partial charge in [0.15, 0.2) is 0 Å². The molecule has 0 fully saturated rings. The first kappa shape index (κ1) is 10.7. The summed E-state index contributed by atoms with van der Waals surface area (Å²) in [6.45, 7) is 4.14. The van der Waals surface area contributed by atoms with Crippen molar-refractivity contribution in [3.63, 3.8) is 0 Å². The minimum absolute atomic E-state index is 0.131. The summed E-state index contributed by atoms with van der Waals surface area (Å²) in [5.74, 6) is 2.71. The van der Waals surface area contributed by atoms with E-state index in [0.717, 1.165) is 12.1 Å². The normalized spacial score (nSPS) is 14.4. The van der Waals surface area contributed by atoms with E-state index in [0.29, 0.717) is 0 Å². The minimum Gasteiger partial charge on any atom is -0.296 e. The Morgan fingerprint density at radius 2 is 2.36 bits per heavy atom. The quantitative estimate of drug-likeness (QED) is 0.732. The summed E-state index contributed by atoms with van der Waals surface area (Å²) in [4.78, 5) is 4.27. The van der Waals surface area contributed by atoms with Crippen LogP contribution in [0, 0.1) is 12.3 Å². The van der Waals surface area contributed by atoms with Crippen LogP contribution in [0.3, 0.4) is 0 Å². The summed E-state index contributed by atoms with van der Waals surface area (Å²) in [6.07, 6.45) is 8.11. The van der Waals surface area contributed by atoms with Crippen LogP contribution in [0.15, 0.2) is 24.4 Å². The van der Waals surface area contributed by atoms with Crippen molar-refractivity contribution >= 4 is 0 Å². The van der Waals surface area contributed by atoms with Gasteiger partial charge in [0.05, 0.1) is 11.7 Å². The maximum atomic E-state index is 5.38. The molecule has 0 aromatic carbocycles. The Bertz CT molecular complexity index is 300. The molecule has 2 atom stereocenters. The van der Waals surface area contributed by atoms with Crippen molar-refractivity contribution in [1.82, 2.24) is 10.3 Å². The maximum Gasteiger partial charge on any atom is 0.0689 e. The fourth-order valence-electron chi connectivity index (χ4n) is 1.30. The topological polar surface area (TPSA) is 24.9 Å². The zero-order valence-corrected chi connectivity index (χ0v) is 8.70. The van der Waals surface area contributed by atoms with Crippen molar-refractivity contribution < 1.29 is 0 Å². The molecule has 0 bridgehead atoms. The van der Waals surface area contributed by atoms with Crippen molar-refractivity contribution in [2.75, 3.05) is 0 Å². The van der Waals surface area contributed by atoms with Crippen LogP contribution in [0.5, 0.6) is 0 Å². The first-order valence-electron chi connectivity index (χ1n) is 4.91. The van der Waals surface area contributed by atoms with Gasteiger partial charge in [-0.15, -0.1) is 6.42 Å². The molecule has 1 N–H and O–H groups in total. The van der Waals surface area contributed by atoms with E-state index in [2.05, 4.69) is 30.1 Å². The highest BCUT2D eigenvalue weighted by atomic mass is 15.0. The molecule has 2 heteroatoms. The number of aromatic nitrogens is 1. The summed E-state index contributed by atoms with van der Waals surface area (Å²) < 4.78 is 0. The van der Waals surface area contributed by atoms with Gasteiger partial charge in [-0.05, 0) is 25.5 Å². The smallest absolute Gasteiger partial charge is 0.0689 e. The molecular formula is C12H16N2. The lowest BCUT2D eigenvalue weighted by Crippen LogP contribution is -2.29. The second-order valence-electron chi connectivity index (χ2n) is 3.27. The van der Waals surface area contributed by atoms with E-state index in [1.807, 2.05) is 18.2 Å². The third-order valence-corrected chi connectivity index (χ3v) is 2.19. The number of hydrogen-bond acceptors (Lipinski definition) is 2. The summed E-state index contributed by atoms with van der Waals surface area (Å²) in [7, 11) is 0. The Morgan fingerprint density at radius 3 is 2.86 bits per heavy atom. The van der Waals surface area contributed by atoms with Crippen molar-refractivity contribution in [3.05, 3.63) is 30.1 Å². The van der Waals surface area contributed by atoms with Crippen LogP contribution in [0.4, 0.5) is 0 Å². The van der Waals surface area contributed by atoms with Gasteiger partial charge >= 0.3 is 0 Å². The largest absolute Gasteiger partial charge is 0.296 e. The van der Waals surface area contributed by atoms with Crippen LogP contribution < -0.4 is 5.32 Å². The predicted octanol–water partition coefficient (Wildman–Crippen LogP) is 2.14. The molecule has 0 radical (unpaired) electrons. The summed E-state index contributed by atoms with van der Waals surface area (Å²) >= 11 is 0. The number of pyridine rings is 1. The van der Waals surface area contributed by atoms with E-state index in [1.165, 1.54) is 0 Å². The van der Waals surface area contributed by atoms with Crippen LogP contribution in [0.1, 0.15) is 32.0 Å². The Kier molecular flexibility index (Phi) is 4.15. The fraction of sp³-hybridized carbons (Fsp3) is 0.417. The molecular weight excluding hydrogens is 172 g/mol. The molecule has 0 aliphatic heterocycles. The summed E-state index contributed by atoms with van der Waals surface area (Å²) in [5.41, 5.74) is 1.03.